The Bertz CT molecular complexity index is 205. The largest absolute Gasteiger partial charge is 0.461 e. The van der Waals surface area contributed by atoms with Gasteiger partial charge in [0.25, 0.3) is 0 Å². The highest BCUT2D eigenvalue weighted by molar-refractivity contribution is 8.76. The highest BCUT2D eigenvalue weighted by Gasteiger charge is 2.29. The third-order valence-electron chi connectivity index (χ3n) is 2.60. The van der Waals surface area contributed by atoms with Crippen LogP contribution in [0.4, 0.5) is 0 Å². The lowest BCUT2D eigenvalue weighted by Gasteiger charge is -2.30. The van der Waals surface area contributed by atoms with Crippen molar-refractivity contribution in [3.63, 3.8) is 0 Å². The van der Waals surface area contributed by atoms with Gasteiger partial charge in [-0.25, -0.2) is 0 Å². The summed E-state index contributed by atoms with van der Waals surface area (Å²) in [6.07, 6.45) is 6.92. The first-order valence-electron chi connectivity index (χ1n) is 5.55. The molecule has 0 aliphatic heterocycles. The van der Waals surface area contributed by atoms with Gasteiger partial charge in [0, 0.05) is 0 Å². The SMILES string of the molecule is CSSC1CCCCC1OC(=O)C(C)C. The summed E-state index contributed by atoms with van der Waals surface area (Å²) >= 11 is 0. The Morgan fingerprint density at radius 3 is 2.60 bits per heavy atom. The van der Waals surface area contributed by atoms with Crippen LogP contribution in [0.15, 0.2) is 0 Å². The molecule has 1 saturated carbocycles. The van der Waals surface area contributed by atoms with E-state index in [9.17, 15) is 4.79 Å². The van der Waals surface area contributed by atoms with Gasteiger partial charge in [-0.2, -0.15) is 0 Å². The number of hydrogen-bond acceptors (Lipinski definition) is 4. The highest BCUT2D eigenvalue weighted by atomic mass is 33.1. The Morgan fingerprint density at radius 1 is 1.33 bits per heavy atom. The molecule has 0 N–H and O–H groups in total. The van der Waals surface area contributed by atoms with Crippen LogP contribution in [0.1, 0.15) is 39.5 Å². The van der Waals surface area contributed by atoms with Crippen molar-refractivity contribution in [1.82, 2.24) is 0 Å². The average Bonchev–Trinajstić information content (AvgIpc) is 2.21. The average molecular weight is 248 g/mol. The molecule has 2 nitrogen and oxygen atoms in total. The molecule has 88 valence electrons. The quantitative estimate of drug-likeness (QED) is 0.562. The van der Waals surface area contributed by atoms with Crippen LogP contribution >= 0.6 is 21.6 Å². The molecule has 0 spiro atoms. The highest BCUT2D eigenvalue weighted by Crippen LogP contribution is 2.36. The maximum absolute atomic E-state index is 11.5. The van der Waals surface area contributed by atoms with Gasteiger partial charge in [0.1, 0.15) is 6.10 Å². The Kier molecular flexibility index (Phi) is 5.90. The van der Waals surface area contributed by atoms with Gasteiger partial charge < -0.3 is 4.74 Å². The minimum Gasteiger partial charge on any atom is -0.461 e. The van der Waals surface area contributed by atoms with Gasteiger partial charge in [0.2, 0.25) is 0 Å². The Labute approximate surface area is 100 Å². The fraction of sp³-hybridized carbons (Fsp3) is 0.909. The molecular weight excluding hydrogens is 228 g/mol. The molecule has 1 aliphatic carbocycles. The van der Waals surface area contributed by atoms with Crippen molar-refractivity contribution in [2.75, 3.05) is 6.26 Å². The van der Waals surface area contributed by atoms with Gasteiger partial charge >= 0.3 is 5.97 Å². The molecule has 15 heavy (non-hydrogen) atoms. The smallest absolute Gasteiger partial charge is 0.308 e. The van der Waals surface area contributed by atoms with Crippen LogP contribution < -0.4 is 0 Å². The molecule has 0 amide bonds. The van der Waals surface area contributed by atoms with Crippen molar-refractivity contribution in [2.45, 2.75) is 50.9 Å². The number of hydrogen-bond donors (Lipinski definition) is 0. The van der Waals surface area contributed by atoms with Crippen LogP contribution in [0.25, 0.3) is 0 Å². The number of carbonyl (C=O) groups excluding carboxylic acids is 1. The van der Waals surface area contributed by atoms with Gasteiger partial charge in [-0.3, -0.25) is 4.79 Å². The third-order valence-corrected chi connectivity index (χ3v) is 4.90. The van der Waals surface area contributed by atoms with Crippen LogP contribution in [-0.2, 0) is 9.53 Å². The van der Waals surface area contributed by atoms with Crippen LogP contribution in [-0.4, -0.2) is 23.6 Å². The number of carbonyl (C=O) groups is 1. The van der Waals surface area contributed by atoms with Crippen molar-refractivity contribution in [3.05, 3.63) is 0 Å². The van der Waals surface area contributed by atoms with E-state index in [1.165, 1.54) is 19.3 Å². The molecule has 2 unspecified atom stereocenters. The lowest BCUT2D eigenvalue weighted by atomic mass is 9.97. The molecule has 0 aromatic carbocycles. The molecule has 1 fully saturated rings. The van der Waals surface area contributed by atoms with Crippen molar-refractivity contribution >= 4 is 27.6 Å². The predicted octanol–water partition coefficient (Wildman–Crippen LogP) is 3.51. The second kappa shape index (κ2) is 6.69. The molecule has 0 heterocycles. The maximum Gasteiger partial charge on any atom is 0.308 e. The second-order valence-electron chi connectivity index (χ2n) is 4.22. The fourth-order valence-electron chi connectivity index (χ4n) is 1.72. The molecule has 0 aromatic heterocycles. The summed E-state index contributed by atoms with van der Waals surface area (Å²) in [6.45, 7) is 3.78. The van der Waals surface area contributed by atoms with E-state index in [2.05, 4.69) is 6.26 Å². The van der Waals surface area contributed by atoms with Gasteiger partial charge in [-0.15, -0.1) is 0 Å². The number of ether oxygens (including phenoxy) is 1. The van der Waals surface area contributed by atoms with E-state index in [1.54, 1.807) is 10.8 Å². The first-order valence-corrected chi connectivity index (χ1v) is 8.17. The Hall–Kier alpha value is 0.170. The fourth-order valence-corrected chi connectivity index (χ4v) is 3.94. The van der Waals surface area contributed by atoms with Crippen LogP contribution in [0.2, 0.25) is 0 Å². The summed E-state index contributed by atoms with van der Waals surface area (Å²) in [7, 11) is 3.63. The lowest BCUT2D eigenvalue weighted by Crippen LogP contribution is -2.33. The zero-order valence-electron chi connectivity index (χ0n) is 9.69. The van der Waals surface area contributed by atoms with E-state index in [-0.39, 0.29) is 18.0 Å². The van der Waals surface area contributed by atoms with E-state index in [0.29, 0.717) is 5.25 Å². The van der Waals surface area contributed by atoms with E-state index in [1.807, 2.05) is 24.6 Å². The van der Waals surface area contributed by atoms with Crippen LogP contribution in [0.3, 0.4) is 0 Å². The minimum atomic E-state index is -0.0476. The first-order chi connectivity index (χ1) is 7.15. The van der Waals surface area contributed by atoms with Crippen molar-refractivity contribution in [3.8, 4) is 0 Å². The molecule has 4 heteroatoms. The summed E-state index contributed by atoms with van der Waals surface area (Å²) in [5.41, 5.74) is 0. The summed E-state index contributed by atoms with van der Waals surface area (Å²) in [6, 6.07) is 0. The van der Waals surface area contributed by atoms with Gasteiger partial charge in [0.05, 0.1) is 11.2 Å². The molecule has 0 radical (unpaired) electrons. The standard InChI is InChI=1S/C11H20O2S2/c1-8(2)11(12)13-9-6-4-5-7-10(9)15-14-3/h8-10H,4-7H2,1-3H3. The molecule has 0 aromatic rings. The van der Waals surface area contributed by atoms with Crippen LogP contribution in [0, 0.1) is 5.92 Å². The zero-order valence-corrected chi connectivity index (χ0v) is 11.3. The molecular formula is C11H20O2S2. The zero-order chi connectivity index (χ0) is 11.3. The maximum atomic E-state index is 11.5. The van der Waals surface area contributed by atoms with Gasteiger partial charge in [0.15, 0.2) is 0 Å². The third kappa shape index (κ3) is 4.27. The number of rotatable bonds is 4. The summed E-state index contributed by atoms with van der Waals surface area (Å²) in [5.74, 6) is -0.0551. The minimum absolute atomic E-state index is 0.00754. The Balaban J connectivity index is 2.45. The predicted molar refractivity (Wildman–Crippen MR) is 68.1 cm³/mol. The van der Waals surface area contributed by atoms with Gasteiger partial charge in [-0.1, -0.05) is 41.9 Å². The molecule has 0 bridgehead atoms. The first kappa shape index (κ1) is 13.2. The van der Waals surface area contributed by atoms with E-state index < -0.39 is 0 Å². The van der Waals surface area contributed by atoms with Crippen molar-refractivity contribution in [2.24, 2.45) is 5.92 Å². The molecule has 1 aliphatic rings. The van der Waals surface area contributed by atoms with Crippen LogP contribution in [0.5, 0.6) is 0 Å². The van der Waals surface area contributed by atoms with E-state index in [0.717, 1.165) is 6.42 Å². The van der Waals surface area contributed by atoms with E-state index >= 15 is 0 Å². The summed E-state index contributed by atoms with van der Waals surface area (Å²) in [5, 5.41) is 0.497. The summed E-state index contributed by atoms with van der Waals surface area (Å²) < 4.78 is 5.54. The second-order valence-corrected chi connectivity index (χ2v) is 6.92. The number of esters is 1. The molecule has 0 saturated heterocycles. The normalized spacial score (nSPS) is 26.7. The monoisotopic (exact) mass is 248 g/mol. The molecule has 1 rings (SSSR count). The van der Waals surface area contributed by atoms with Gasteiger partial charge in [-0.05, 0) is 25.5 Å². The van der Waals surface area contributed by atoms with Crippen molar-refractivity contribution in [1.29, 1.82) is 0 Å². The molecule has 2 atom stereocenters. The van der Waals surface area contributed by atoms with Crippen molar-refractivity contribution < 1.29 is 9.53 Å². The lowest BCUT2D eigenvalue weighted by molar-refractivity contribution is -0.153. The van der Waals surface area contributed by atoms with E-state index in [4.69, 9.17) is 4.74 Å². The topological polar surface area (TPSA) is 26.3 Å². The Morgan fingerprint density at radius 2 is 2.00 bits per heavy atom. The summed E-state index contributed by atoms with van der Waals surface area (Å²) in [4.78, 5) is 11.5.